The molecule has 3 rings (SSSR count). The van der Waals surface area contributed by atoms with Crippen LogP contribution in [-0.4, -0.2) is 55.0 Å². The van der Waals surface area contributed by atoms with Crippen molar-refractivity contribution in [2.24, 2.45) is 0 Å². The molecule has 0 bridgehead atoms. The van der Waals surface area contributed by atoms with Crippen molar-refractivity contribution >= 4 is 27.8 Å². The third kappa shape index (κ3) is 5.32. The quantitative estimate of drug-likeness (QED) is 0.447. The summed E-state index contributed by atoms with van der Waals surface area (Å²) in [7, 11) is -4.08. The summed E-state index contributed by atoms with van der Waals surface area (Å²) in [6.07, 6.45) is 0.120. The Morgan fingerprint density at radius 2 is 1.76 bits per heavy atom. The molecule has 1 N–H and O–H groups in total. The average molecular weight is 499 g/mol. The molecule has 1 aliphatic rings. The van der Waals surface area contributed by atoms with Crippen LogP contribution in [-0.2, 0) is 13.6 Å². The first kappa shape index (κ1) is 26.2. The van der Waals surface area contributed by atoms with Crippen LogP contribution in [0.25, 0.3) is 11.2 Å². The van der Waals surface area contributed by atoms with Gasteiger partial charge in [-0.2, -0.15) is 9.37 Å². The van der Waals surface area contributed by atoms with Gasteiger partial charge < -0.3 is 13.6 Å². The summed E-state index contributed by atoms with van der Waals surface area (Å²) >= 11 is 0. The Labute approximate surface area is 197 Å². The van der Waals surface area contributed by atoms with Gasteiger partial charge >= 0.3 is 0 Å². The minimum absolute atomic E-state index is 0.0373. The van der Waals surface area contributed by atoms with Crippen LogP contribution in [0, 0.1) is 6.08 Å². The maximum absolute atomic E-state index is 13.8. The summed E-state index contributed by atoms with van der Waals surface area (Å²) in [5, 5.41) is 0.111. The molecule has 33 heavy (non-hydrogen) atoms. The summed E-state index contributed by atoms with van der Waals surface area (Å²) in [5.41, 5.74) is -0.359. The largest absolute Gasteiger partial charge is 0.414 e. The summed E-state index contributed by atoms with van der Waals surface area (Å²) in [4.78, 5) is 22.1. The molecule has 3 heterocycles. The lowest BCUT2D eigenvalue weighted by Gasteiger charge is -2.40. The van der Waals surface area contributed by atoms with Crippen LogP contribution in [0.5, 0.6) is 0 Å². The van der Waals surface area contributed by atoms with E-state index in [9.17, 15) is 9.18 Å². The summed E-state index contributed by atoms with van der Waals surface area (Å²) in [5.74, 6) is 0. The number of ether oxygens (including phenoxy) is 1. The predicted molar refractivity (Wildman–Crippen MR) is 132 cm³/mol. The van der Waals surface area contributed by atoms with Gasteiger partial charge in [0.05, 0.1) is 19.0 Å². The number of H-pyrrole nitrogens is 1. The van der Waals surface area contributed by atoms with Gasteiger partial charge in [-0.1, -0.05) is 41.5 Å². The zero-order chi connectivity index (χ0) is 25.0. The summed E-state index contributed by atoms with van der Waals surface area (Å²) < 4.78 is 35.1. The van der Waals surface area contributed by atoms with Crippen molar-refractivity contribution in [3.05, 3.63) is 22.8 Å². The number of halogens is 1. The fraction of sp³-hybridized carbons (Fsp3) is 0.773. The van der Waals surface area contributed by atoms with Crippen LogP contribution in [0.2, 0.25) is 36.3 Å². The molecule has 1 saturated heterocycles. The molecule has 0 unspecified atom stereocenters. The molecule has 2 aromatic rings. The molecule has 186 valence electrons. The molecule has 11 heteroatoms. The standard InChI is InChI=1S/C22H39FN4O4Si2/c1-21(2,3)32(7,8)29-12-15-14(31-33(9,10)22(4,5)6)11-16(30-15)27-13-24-17-18(27)25-20(23)26-19(17)28/h13-16H,11-12H2,1-10H3,(H,25,26,28)/t14-,15+,16+/m0/s1. The molecular formula is C22H39FN4O4Si2. The van der Waals surface area contributed by atoms with Gasteiger partial charge in [-0.3, -0.25) is 14.3 Å². The van der Waals surface area contributed by atoms with Gasteiger partial charge in [-0.05, 0) is 36.3 Å². The zero-order valence-corrected chi connectivity index (χ0v) is 23.6. The van der Waals surface area contributed by atoms with Crippen LogP contribution in [0.15, 0.2) is 11.1 Å². The molecule has 0 radical (unpaired) electrons. The first-order valence-electron chi connectivity index (χ1n) is 11.5. The maximum Gasteiger partial charge on any atom is 0.291 e. The van der Waals surface area contributed by atoms with E-state index in [-0.39, 0.29) is 33.4 Å². The molecule has 0 saturated carbocycles. The summed E-state index contributed by atoms with van der Waals surface area (Å²) in [6, 6.07) is 0. The highest BCUT2D eigenvalue weighted by molar-refractivity contribution is 6.74. The van der Waals surface area contributed by atoms with E-state index < -0.39 is 34.5 Å². The Hall–Kier alpha value is -1.41. The first-order chi connectivity index (χ1) is 14.9. The van der Waals surface area contributed by atoms with Crippen molar-refractivity contribution in [1.82, 2.24) is 19.5 Å². The highest BCUT2D eigenvalue weighted by atomic mass is 28.4. The van der Waals surface area contributed by atoms with Crippen LogP contribution in [0.1, 0.15) is 54.2 Å². The lowest BCUT2D eigenvalue weighted by molar-refractivity contribution is -0.0384. The molecule has 0 amide bonds. The third-order valence-corrected chi connectivity index (χ3v) is 16.6. The van der Waals surface area contributed by atoms with Gasteiger partial charge in [0, 0.05) is 6.42 Å². The molecule has 0 aliphatic carbocycles. The van der Waals surface area contributed by atoms with Crippen molar-refractivity contribution in [1.29, 1.82) is 0 Å². The second kappa shape index (κ2) is 8.67. The van der Waals surface area contributed by atoms with Gasteiger partial charge in [0.15, 0.2) is 27.8 Å². The molecule has 1 aliphatic heterocycles. The summed E-state index contributed by atoms with van der Waals surface area (Å²) in [6.45, 7) is 22.5. The minimum atomic E-state index is -2.09. The van der Waals surface area contributed by atoms with Crippen LogP contribution in [0.4, 0.5) is 4.39 Å². The van der Waals surface area contributed by atoms with E-state index in [2.05, 4.69) is 77.7 Å². The normalized spacial score (nSPS) is 22.9. The smallest absolute Gasteiger partial charge is 0.291 e. The molecule has 2 aromatic heterocycles. The Balaban J connectivity index is 1.91. The van der Waals surface area contributed by atoms with Crippen molar-refractivity contribution in [2.75, 3.05) is 6.61 Å². The number of aromatic nitrogens is 4. The number of nitrogens with one attached hydrogen (secondary N) is 1. The van der Waals surface area contributed by atoms with Crippen molar-refractivity contribution in [3.8, 4) is 0 Å². The van der Waals surface area contributed by atoms with Gasteiger partial charge in [-0.25, -0.2) is 4.98 Å². The molecular weight excluding hydrogens is 459 g/mol. The molecule has 0 spiro atoms. The predicted octanol–water partition coefficient (Wildman–Crippen LogP) is 4.96. The second-order valence-electron chi connectivity index (χ2n) is 12.0. The van der Waals surface area contributed by atoms with Crippen LogP contribution < -0.4 is 5.56 Å². The minimum Gasteiger partial charge on any atom is -0.414 e. The molecule has 8 nitrogen and oxygen atoms in total. The number of nitrogens with zero attached hydrogens (tertiary/aromatic N) is 3. The Morgan fingerprint density at radius 3 is 2.33 bits per heavy atom. The lowest BCUT2D eigenvalue weighted by atomic mass is 10.2. The maximum atomic E-state index is 13.8. The Kier molecular flexibility index (Phi) is 6.88. The first-order valence-corrected chi connectivity index (χ1v) is 17.3. The number of hydrogen-bond acceptors (Lipinski definition) is 6. The van der Waals surface area contributed by atoms with E-state index in [1.54, 1.807) is 4.57 Å². The fourth-order valence-corrected chi connectivity index (χ4v) is 5.69. The highest BCUT2D eigenvalue weighted by Gasteiger charge is 2.46. The number of aromatic amines is 1. The fourth-order valence-electron chi connectivity index (χ4n) is 3.32. The lowest BCUT2D eigenvalue weighted by Crippen LogP contribution is -2.48. The zero-order valence-electron chi connectivity index (χ0n) is 21.6. The van der Waals surface area contributed by atoms with Crippen molar-refractivity contribution < 1.29 is 18.0 Å². The molecule has 0 aromatic carbocycles. The van der Waals surface area contributed by atoms with E-state index >= 15 is 0 Å². The second-order valence-corrected chi connectivity index (χ2v) is 21.6. The van der Waals surface area contributed by atoms with E-state index in [1.807, 2.05) is 4.98 Å². The molecule has 1 fully saturated rings. The van der Waals surface area contributed by atoms with Gasteiger partial charge in [0.2, 0.25) is 0 Å². The SMILES string of the molecule is CC(C)(C)[Si](C)(C)OC[C@H]1O[C@@H](n2cnc3c(=O)[nH]c(F)nc32)C[C@@H]1O[Si](C)(C)C(C)(C)C. The van der Waals surface area contributed by atoms with Gasteiger partial charge in [0.1, 0.15) is 12.3 Å². The van der Waals surface area contributed by atoms with E-state index in [0.29, 0.717) is 13.0 Å². The Morgan fingerprint density at radius 1 is 1.15 bits per heavy atom. The monoisotopic (exact) mass is 498 g/mol. The van der Waals surface area contributed by atoms with E-state index in [0.717, 1.165) is 0 Å². The van der Waals surface area contributed by atoms with E-state index in [1.165, 1.54) is 6.33 Å². The van der Waals surface area contributed by atoms with Crippen molar-refractivity contribution in [3.63, 3.8) is 0 Å². The van der Waals surface area contributed by atoms with Crippen molar-refractivity contribution in [2.45, 2.75) is 103 Å². The molecule has 3 atom stereocenters. The van der Waals surface area contributed by atoms with Gasteiger partial charge in [0.25, 0.3) is 11.6 Å². The van der Waals surface area contributed by atoms with Crippen LogP contribution in [0.3, 0.4) is 0 Å². The topological polar surface area (TPSA) is 91.3 Å². The van der Waals surface area contributed by atoms with E-state index in [4.69, 9.17) is 13.6 Å². The number of rotatable bonds is 6. The van der Waals surface area contributed by atoms with Gasteiger partial charge in [-0.15, -0.1) is 0 Å². The number of imidazole rings is 1. The number of fused-ring (bicyclic) bond motifs is 1. The Bertz CT molecular complexity index is 1060. The highest BCUT2D eigenvalue weighted by Crippen LogP contribution is 2.42. The van der Waals surface area contributed by atoms with Crippen LogP contribution >= 0.6 is 0 Å². The average Bonchev–Trinajstić information content (AvgIpc) is 3.21. The number of hydrogen-bond donors (Lipinski definition) is 1. The third-order valence-electron chi connectivity index (χ3n) is 7.56.